The van der Waals surface area contributed by atoms with Gasteiger partial charge in [-0.25, -0.2) is 0 Å². The van der Waals surface area contributed by atoms with Crippen molar-refractivity contribution in [1.82, 2.24) is 0 Å². The topological polar surface area (TPSA) is 35.5 Å². The van der Waals surface area contributed by atoms with E-state index in [4.69, 9.17) is 9.16 Å². The van der Waals surface area contributed by atoms with Crippen LogP contribution in [0.1, 0.15) is 47.0 Å². The van der Waals surface area contributed by atoms with Crippen LogP contribution < -0.4 is 0 Å². The summed E-state index contributed by atoms with van der Waals surface area (Å²) in [6.07, 6.45) is 4.86. The summed E-state index contributed by atoms with van der Waals surface area (Å²) in [6.45, 7) is 15.2. The standard InChI is InChI=1S/C19H36O3Si/c1-13(2)10-9-11-14(3)17-16(20)12-15(4)18(19(17)21-5)22-23(6,7)8/h11,13,15,17-19H,9-10,12H2,1-8H3/b14-11+/t15-,17-,18-,19+/m1/s1. The van der Waals surface area contributed by atoms with E-state index in [-0.39, 0.29) is 24.0 Å². The Labute approximate surface area is 144 Å². The van der Waals surface area contributed by atoms with Crippen LogP contribution in [0.5, 0.6) is 0 Å². The van der Waals surface area contributed by atoms with Gasteiger partial charge >= 0.3 is 0 Å². The van der Waals surface area contributed by atoms with Gasteiger partial charge in [-0.2, -0.15) is 0 Å². The van der Waals surface area contributed by atoms with Gasteiger partial charge in [0.25, 0.3) is 0 Å². The molecule has 0 spiro atoms. The molecule has 0 unspecified atom stereocenters. The maximum atomic E-state index is 12.7. The van der Waals surface area contributed by atoms with E-state index in [2.05, 4.69) is 53.4 Å². The lowest BCUT2D eigenvalue weighted by Gasteiger charge is -2.43. The minimum absolute atomic E-state index is 0.0165. The lowest BCUT2D eigenvalue weighted by molar-refractivity contribution is -0.140. The second kappa shape index (κ2) is 8.59. The lowest BCUT2D eigenvalue weighted by Crippen LogP contribution is -2.53. The van der Waals surface area contributed by atoms with Gasteiger partial charge in [0.2, 0.25) is 0 Å². The second-order valence-electron chi connectivity index (χ2n) is 8.44. The van der Waals surface area contributed by atoms with Crippen molar-refractivity contribution in [1.29, 1.82) is 0 Å². The average Bonchev–Trinajstić information content (AvgIpc) is 2.39. The molecule has 0 heterocycles. The Hall–Kier alpha value is -0.453. The molecule has 0 aliphatic heterocycles. The first-order valence-electron chi connectivity index (χ1n) is 8.96. The van der Waals surface area contributed by atoms with Gasteiger partial charge in [0.1, 0.15) is 5.78 Å². The maximum Gasteiger partial charge on any atom is 0.184 e. The normalized spacial score (nSPS) is 30.1. The number of carbonyl (C=O) groups is 1. The Morgan fingerprint density at radius 2 is 1.91 bits per heavy atom. The van der Waals surface area contributed by atoms with Crippen LogP contribution in [0, 0.1) is 17.8 Å². The van der Waals surface area contributed by atoms with Crippen molar-refractivity contribution >= 4 is 14.1 Å². The molecule has 1 saturated carbocycles. The molecule has 0 N–H and O–H groups in total. The van der Waals surface area contributed by atoms with Crippen molar-refractivity contribution < 1.29 is 14.0 Å². The Morgan fingerprint density at radius 1 is 1.30 bits per heavy atom. The third kappa shape index (κ3) is 6.16. The Balaban J connectivity index is 2.97. The molecule has 0 aromatic heterocycles. The van der Waals surface area contributed by atoms with Crippen LogP contribution in [-0.2, 0) is 14.0 Å². The van der Waals surface area contributed by atoms with E-state index in [9.17, 15) is 4.79 Å². The van der Waals surface area contributed by atoms with Gasteiger partial charge in [-0.15, -0.1) is 0 Å². The van der Waals surface area contributed by atoms with Crippen molar-refractivity contribution in [3.63, 3.8) is 0 Å². The zero-order valence-corrected chi connectivity index (χ0v) is 17.3. The number of allylic oxidation sites excluding steroid dienone is 1. The third-order valence-electron chi connectivity index (χ3n) is 4.55. The molecule has 1 aliphatic carbocycles. The van der Waals surface area contributed by atoms with Crippen LogP contribution in [-0.4, -0.2) is 33.4 Å². The van der Waals surface area contributed by atoms with Crippen molar-refractivity contribution in [3.05, 3.63) is 11.6 Å². The molecule has 4 atom stereocenters. The summed E-state index contributed by atoms with van der Waals surface area (Å²) in [4.78, 5) is 12.7. The first-order chi connectivity index (χ1) is 10.6. The molecule has 0 aromatic carbocycles. The summed E-state index contributed by atoms with van der Waals surface area (Å²) in [5, 5.41) is 0. The number of carbonyl (C=O) groups excluding carboxylic acids is 1. The van der Waals surface area contributed by atoms with Crippen LogP contribution in [0.2, 0.25) is 19.6 Å². The molecule has 23 heavy (non-hydrogen) atoms. The molecule has 0 saturated heterocycles. The van der Waals surface area contributed by atoms with Crippen molar-refractivity contribution in [2.45, 2.75) is 78.8 Å². The number of ether oxygens (including phenoxy) is 1. The SMILES string of the molecule is CO[C@@H]1[C@H](O[Si](C)(C)C)[C@H](C)CC(=O)[C@H]1/C(C)=C/CCC(C)C. The fraction of sp³-hybridized carbons (Fsp3) is 0.842. The monoisotopic (exact) mass is 340 g/mol. The van der Waals surface area contributed by atoms with Gasteiger partial charge in [0.05, 0.1) is 18.1 Å². The zero-order valence-electron chi connectivity index (χ0n) is 16.3. The highest BCUT2D eigenvalue weighted by molar-refractivity contribution is 6.69. The molecule has 1 aliphatic rings. The van der Waals surface area contributed by atoms with Crippen molar-refractivity contribution in [3.8, 4) is 0 Å². The van der Waals surface area contributed by atoms with Crippen LogP contribution in [0.15, 0.2) is 11.6 Å². The molecule has 4 heteroatoms. The number of methoxy groups -OCH3 is 1. The van der Waals surface area contributed by atoms with E-state index in [0.29, 0.717) is 18.1 Å². The molecule has 0 radical (unpaired) electrons. The summed E-state index contributed by atoms with van der Waals surface area (Å²) >= 11 is 0. The average molecular weight is 341 g/mol. The highest BCUT2D eigenvalue weighted by atomic mass is 28.4. The minimum atomic E-state index is -1.68. The fourth-order valence-electron chi connectivity index (χ4n) is 3.40. The van der Waals surface area contributed by atoms with Crippen molar-refractivity contribution in [2.24, 2.45) is 17.8 Å². The van der Waals surface area contributed by atoms with Crippen LogP contribution in [0.25, 0.3) is 0 Å². The van der Waals surface area contributed by atoms with Gasteiger partial charge in [0, 0.05) is 13.5 Å². The molecular formula is C19H36O3Si. The van der Waals surface area contributed by atoms with Gasteiger partial charge < -0.3 is 9.16 Å². The summed E-state index contributed by atoms with van der Waals surface area (Å²) in [7, 11) is 0.0313. The number of rotatable bonds is 7. The Kier molecular flexibility index (Phi) is 7.69. The van der Waals surface area contributed by atoms with Crippen molar-refractivity contribution in [2.75, 3.05) is 7.11 Å². The summed E-state index contributed by atoms with van der Waals surface area (Å²) < 4.78 is 12.2. The fourth-order valence-corrected chi connectivity index (χ4v) is 4.59. The second-order valence-corrected chi connectivity index (χ2v) is 12.9. The number of Topliss-reactive ketones (excluding diaryl/α,β-unsaturated/α-hetero) is 1. The number of ketones is 1. The van der Waals surface area contributed by atoms with Crippen LogP contribution in [0.4, 0.5) is 0 Å². The zero-order chi connectivity index (χ0) is 17.8. The molecule has 1 rings (SSSR count). The quantitative estimate of drug-likeness (QED) is 0.492. The lowest BCUT2D eigenvalue weighted by atomic mass is 9.74. The highest BCUT2D eigenvalue weighted by Crippen LogP contribution is 2.36. The predicted molar refractivity (Wildman–Crippen MR) is 99.1 cm³/mol. The third-order valence-corrected chi connectivity index (χ3v) is 5.53. The molecule has 0 bridgehead atoms. The smallest absolute Gasteiger partial charge is 0.184 e. The molecule has 134 valence electrons. The molecule has 0 amide bonds. The van der Waals surface area contributed by atoms with Crippen LogP contribution >= 0.6 is 0 Å². The first kappa shape index (κ1) is 20.6. The molecular weight excluding hydrogens is 304 g/mol. The van der Waals surface area contributed by atoms with E-state index < -0.39 is 8.32 Å². The number of hydrogen-bond donors (Lipinski definition) is 0. The van der Waals surface area contributed by atoms with Gasteiger partial charge in [-0.1, -0.05) is 32.4 Å². The predicted octanol–water partition coefficient (Wildman–Crippen LogP) is 4.83. The van der Waals surface area contributed by atoms with Gasteiger partial charge in [-0.3, -0.25) is 4.79 Å². The molecule has 3 nitrogen and oxygen atoms in total. The Bertz CT molecular complexity index is 423. The van der Waals surface area contributed by atoms with E-state index in [1.54, 1.807) is 7.11 Å². The minimum Gasteiger partial charge on any atom is -0.412 e. The van der Waals surface area contributed by atoms with Crippen LogP contribution in [0.3, 0.4) is 0 Å². The maximum absolute atomic E-state index is 12.7. The Morgan fingerprint density at radius 3 is 2.39 bits per heavy atom. The largest absolute Gasteiger partial charge is 0.412 e. The van der Waals surface area contributed by atoms with E-state index >= 15 is 0 Å². The van der Waals surface area contributed by atoms with Gasteiger partial charge in [0.15, 0.2) is 8.32 Å². The molecule has 0 aromatic rings. The van der Waals surface area contributed by atoms with E-state index in [0.717, 1.165) is 18.4 Å². The summed E-state index contributed by atoms with van der Waals surface area (Å²) in [6, 6.07) is 0. The molecule has 1 fully saturated rings. The first-order valence-corrected chi connectivity index (χ1v) is 12.4. The van der Waals surface area contributed by atoms with E-state index in [1.165, 1.54) is 0 Å². The van der Waals surface area contributed by atoms with Gasteiger partial charge in [-0.05, 0) is 51.2 Å². The highest BCUT2D eigenvalue weighted by Gasteiger charge is 2.45. The number of hydrogen-bond acceptors (Lipinski definition) is 3. The van der Waals surface area contributed by atoms with E-state index in [1.807, 2.05) is 0 Å². The summed E-state index contributed by atoms with van der Waals surface area (Å²) in [5.41, 5.74) is 1.15. The summed E-state index contributed by atoms with van der Waals surface area (Å²) in [5.74, 6) is 1.06.